The first-order valence-corrected chi connectivity index (χ1v) is 7.00. The molecule has 0 radical (unpaired) electrons. The lowest BCUT2D eigenvalue weighted by atomic mass is 10.5. The third kappa shape index (κ3) is 5.13. The number of thioether (sulfide) groups is 1. The molecule has 1 rings (SSSR count). The highest BCUT2D eigenvalue weighted by Gasteiger charge is 2.04. The molecule has 0 spiro atoms. The number of hydrogen-bond donors (Lipinski definition) is 0. The molecule has 0 bridgehead atoms. The first kappa shape index (κ1) is 10.8. The summed E-state index contributed by atoms with van der Waals surface area (Å²) in [6.45, 7) is 0. The van der Waals surface area contributed by atoms with Crippen LogP contribution in [0.15, 0.2) is 29.4 Å². The molecule has 13 heavy (non-hydrogen) atoms. The zero-order valence-electron chi connectivity index (χ0n) is 6.68. The molecule has 0 aliphatic carbocycles. The smallest absolute Gasteiger partial charge is 0.233 e. The molecule has 0 fully saturated rings. The van der Waals surface area contributed by atoms with Crippen LogP contribution in [0.4, 0.5) is 0 Å². The second-order valence-electron chi connectivity index (χ2n) is 2.26. The van der Waals surface area contributed by atoms with E-state index in [2.05, 4.69) is 4.98 Å². The predicted molar refractivity (Wildman–Crippen MR) is 54.6 cm³/mol. The number of rotatable bonds is 4. The van der Waals surface area contributed by atoms with Crippen molar-refractivity contribution in [1.82, 2.24) is 4.98 Å². The lowest BCUT2D eigenvalue weighted by molar-refractivity contribution is 0.611. The molecule has 0 aliphatic rings. The molecule has 0 saturated carbocycles. The molecule has 1 heterocycles. The van der Waals surface area contributed by atoms with Crippen molar-refractivity contribution in [3.8, 4) is 0 Å². The quantitative estimate of drug-likeness (QED) is 0.591. The summed E-state index contributed by atoms with van der Waals surface area (Å²) in [7, 11) is 1.67. The Bertz CT molecular complexity index is 352. The summed E-state index contributed by atoms with van der Waals surface area (Å²) >= 11 is 1.37. The molecule has 0 saturated heterocycles. The maximum absolute atomic E-state index is 10.6. The maximum atomic E-state index is 10.6. The molecule has 0 aliphatic heterocycles. The summed E-state index contributed by atoms with van der Waals surface area (Å²) in [6, 6.07) is 5.48. The molecular formula is C7H8ClNO2S2. The summed E-state index contributed by atoms with van der Waals surface area (Å²) in [4.78, 5) is 4.02. The fourth-order valence-corrected chi connectivity index (χ4v) is 2.89. The van der Waals surface area contributed by atoms with Crippen LogP contribution in [0.2, 0.25) is 0 Å². The van der Waals surface area contributed by atoms with Gasteiger partial charge in [-0.15, -0.1) is 11.8 Å². The first-order chi connectivity index (χ1) is 6.08. The normalized spacial score (nSPS) is 11.5. The van der Waals surface area contributed by atoms with E-state index in [-0.39, 0.29) is 5.75 Å². The molecule has 0 unspecified atom stereocenters. The minimum absolute atomic E-state index is 0.0319. The van der Waals surface area contributed by atoms with Crippen LogP contribution in [-0.2, 0) is 9.05 Å². The van der Waals surface area contributed by atoms with Crippen molar-refractivity contribution in [3.63, 3.8) is 0 Å². The minimum atomic E-state index is -3.37. The second-order valence-corrected chi connectivity index (χ2v) is 6.27. The average molecular weight is 238 g/mol. The monoisotopic (exact) mass is 237 g/mol. The van der Waals surface area contributed by atoms with E-state index < -0.39 is 9.05 Å². The van der Waals surface area contributed by atoms with Crippen molar-refractivity contribution >= 4 is 31.5 Å². The Labute approximate surface area is 85.9 Å². The van der Waals surface area contributed by atoms with Crippen molar-refractivity contribution in [2.24, 2.45) is 0 Å². The largest absolute Gasteiger partial charge is 0.250 e. The number of hydrogen-bond acceptors (Lipinski definition) is 4. The van der Waals surface area contributed by atoms with Gasteiger partial charge in [-0.1, -0.05) is 6.07 Å². The highest BCUT2D eigenvalue weighted by molar-refractivity contribution is 8.14. The summed E-state index contributed by atoms with van der Waals surface area (Å²) in [5.74, 6) is 0.401. The molecule has 0 N–H and O–H groups in total. The molecule has 0 aromatic carbocycles. The van der Waals surface area contributed by atoms with Crippen LogP contribution in [0.3, 0.4) is 0 Å². The van der Waals surface area contributed by atoms with E-state index in [1.807, 2.05) is 18.2 Å². The Morgan fingerprint density at radius 2 is 2.23 bits per heavy atom. The second kappa shape index (κ2) is 4.83. The summed E-state index contributed by atoms with van der Waals surface area (Å²) in [5, 5.41) is 0.808. The fraction of sp³-hybridized carbons (Fsp3) is 0.286. The van der Waals surface area contributed by atoms with Gasteiger partial charge in [0.05, 0.1) is 10.8 Å². The van der Waals surface area contributed by atoms with Gasteiger partial charge in [-0.2, -0.15) is 0 Å². The van der Waals surface area contributed by atoms with Crippen LogP contribution in [-0.4, -0.2) is 24.9 Å². The summed E-state index contributed by atoms with van der Waals surface area (Å²) in [6.07, 6.45) is 1.66. The van der Waals surface area contributed by atoms with Gasteiger partial charge in [-0.3, -0.25) is 0 Å². The first-order valence-electron chi connectivity index (χ1n) is 3.54. The van der Waals surface area contributed by atoms with Gasteiger partial charge in [-0.05, 0) is 12.1 Å². The molecule has 6 heteroatoms. The van der Waals surface area contributed by atoms with Crippen molar-refractivity contribution in [3.05, 3.63) is 24.4 Å². The Hall–Kier alpha value is -0.260. The SMILES string of the molecule is O=S(=O)(Cl)CCSc1ccccn1. The Kier molecular flexibility index (Phi) is 4.02. The van der Waals surface area contributed by atoms with Crippen LogP contribution in [0.1, 0.15) is 0 Å². The van der Waals surface area contributed by atoms with Crippen LogP contribution in [0.25, 0.3) is 0 Å². The number of pyridine rings is 1. The van der Waals surface area contributed by atoms with Gasteiger partial charge in [0.15, 0.2) is 0 Å². The van der Waals surface area contributed by atoms with E-state index in [0.29, 0.717) is 5.75 Å². The third-order valence-electron chi connectivity index (χ3n) is 1.21. The molecule has 1 aromatic heterocycles. The molecule has 1 aromatic rings. The highest BCUT2D eigenvalue weighted by atomic mass is 35.7. The van der Waals surface area contributed by atoms with E-state index in [1.54, 1.807) is 6.20 Å². The van der Waals surface area contributed by atoms with Gasteiger partial charge >= 0.3 is 0 Å². The van der Waals surface area contributed by atoms with E-state index in [1.165, 1.54) is 11.8 Å². The van der Waals surface area contributed by atoms with Crippen LogP contribution in [0.5, 0.6) is 0 Å². The third-order valence-corrected chi connectivity index (χ3v) is 3.57. The molecule has 72 valence electrons. The summed E-state index contributed by atoms with van der Waals surface area (Å²) in [5.41, 5.74) is 0. The number of halogens is 1. The van der Waals surface area contributed by atoms with Crippen LogP contribution < -0.4 is 0 Å². The lowest BCUT2D eigenvalue weighted by Gasteiger charge is -1.97. The van der Waals surface area contributed by atoms with Gasteiger partial charge in [0.2, 0.25) is 9.05 Å². The van der Waals surface area contributed by atoms with Crippen LogP contribution in [0, 0.1) is 0 Å². The van der Waals surface area contributed by atoms with E-state index >= 15 is 0 Å². The van der Waals surface area contributed by atoms with Crippen molar-refractivity contribution in [2.75, 3.05) is 11.5 Å². The minimum Gasteiger partial charge on any atom is -0.250 e. The Morgan fingerprint density at radius 1 is 1.46 bits per heavy atom. The lowest BCUT2D eigenvalue weighted by Crippen LogP contribution is -1.99. The molecule has 0 atom stereocenters. The van der Waals surface area contributed by atoms with Gasteiger partial charge in [-0.25, -0.2) is 13.4 Å². The predicted octanol–water partition coefficient (Wildman–Crippen LogP) is 1.74. The van der Waals surface area contributed by atoms with Crippen molar-refractivity contribution in [2.45, 2.75) is 5.03 Å². The van der Waals surface area contributed by atoms with Crippen molar-refractivity contribution < 1.29 is 8.42 Å². The van der Waals surface area contributed by atoms with Crippen molar-refractivity contribution in [1.29, 1.82) is 0 Å². The summed E-state index contributed by atoms with van der Waals surface area (Å²) < 4.78 is 21.1. The fourth-order valence-electron chi connectivity index (χ4n) is 0.678. The van der Waals surface area contributed by atoms with Crippen LogP contribution >= 0.6 is 22.4 Å². The Balaban J connectivity index is 2.37. The zero-order chi connectivity index (χ0) is 9.73. The topological polar surface area (TPSA) is 47.0 Å². The molecule has 3 nitrogen and oxygen atoms in total. The van der Waals surface area contributed by atoms with Gasteiger partial charge in [0.1, 0.15) is 0 Å². The Morgan fingerprint density at radius 3 is 2.77 bits per heavy atom. The van der Waals surface area contributed by atoms with Gasteiger partial charge in [0.25, 0.3) is 0 Å². The average Bonchev–Trinajstić information content (AvgIpc) is 2.04. The van der Waals surface area contributed by atoms with E-state index in [4.69, 9.17) is 10.7 Å². The molecular weight excluding hydrogens is 230 g/mol. The van der Waals surface area contributed by atoms with E-state index in [0.717, 1.165) is 5.03 Å². The van der Waals surface area contributed by atoms with E-state index in [9.17, 15) is 8.42 Å². The van der Waals surface area contributed by atoms with Gasteiger partial charge < -0.3 is 0 Å². The number of aromatic nitrogens is 1. The maximum Gasteiger partial charge on any atom is 0.233 e. The number of nitrogens with zero attached hydrogens (tertiary/aromatic N) is 1. The molecule has 0 amide bonds. The highest BCUT2D eigenvalue weighted by Crippen LogP contribution is 2.14. The van der Waals surface area contributed by atoms with Gasteiger partial charge in [0, 0.05) is 22.6 Å². The standard InChI is InChI=1S/C7H8ClNO2S2/c8-13(10,11)6-5-12-7-3-1-2-4-9-7/h1-4H,5-6H2. The zero-order valence-corrected chi connectivity index (χ0v) is 9.07.